The molecule has 0 N–H and O–H groups in total. The van der Waals surface area contributed by atoms with Crippen LogP contribution in [0.2, 0.25) is 0 Å². The van der Waals surface area contributed by atoms with Crippen molar-refractivity contribution in [1.29, 1.82) is 0 Å². The van der Waals surface area contributed by atoms with Crippen molar-refractivity contribution in [2.45, 2.75) is 12.8 Å². The van der Waals surface area contributed by atoms with E-state index in [1.165, 1.54) is 23.7 Å². The molecule has 0 amide bonds. The molecule has 1 aliphatic rings. The Labute approximate surface area is 89.3 Å². The zero-order valence-electron chi connectivity index (χ0n) is 8.98. The van der Waals surface area contributed by atoms with Gasteiger partial charge in [0.25, 0.3) is 0 Å². The molecule has 0 atom stereocenters. The standard InChI is InChI=1S/C12H15N3/c1-14-9-5-10-11(14)4-6-13-12(10)15-7-2-3-8-15/h4-6,9H,2-3,7-8H2,1H3. The molecular weight excluding hydrogens is 186 g/mol. The van der Waals surface area contributed by atoms with Gasteiger partial charge in [0.15, 0.2) is 0 Å². The summed E-state index contributed by atoms with van der Waals surface area (Å²) in [5.74, 6) is 1.16. The molecule has 3 nitrogen and oxygen atoms in total. The van der Waals surface area contributed by atoms with Crippen LogP contribution in [0.3, 0.4) is 0 Å². The quantitative estimate of drug-likeness (QED) is 0.705. The van der Waals surface area contributed by atoms with Gasteiger partial charge in [0.05, 0.1) is 5.52 Å². The fraction of sp³-hybridized carbons (Fsp3) is 0.417. The summed E-state index contributed by atoms with van der Waals surface area (Å²) in [5.41, 5.74) is 1.27. The second-order valence-corrected chi connectivity index (χ2v) is 4.19. The van der Waals surface area contributed by atoms with Gasteiger partial charge in [0.2, 0.25) is 0 Å². The smallest absolute Gasteiger partial charge is 0.137 e. The van der Waals surface area contributed by atoms with Crippen LogP contribution in [-0.4, -0.2) is 22.6 Å². The highest BCUT2D eigenvalue weighted by Crippen LogP contribution is 2.27. The van der Waals surface area contributed by atoms with Crippen LogP contribution in [0.1, 0.15) is 12.8 Å². The molecule has 1 saturated heterocycles. The zero-order valence-corrected chi connectivity index (χ0v) is 8.98. The molecule has 1 aliphatic heterocycles. The van der Waals surface area contributed by atoms with Crippen molar-refractivity contribution in [2.24, 2.45) is 7.05 Å². The van der Waals surface area contributed by atoms with Gasteiger partial charge in [-0.3, -0.25) is 0 Å². The first-order chi connectivity index (χ1) is 7.36. The fourth-order valence-electron chi connectivity index (χ4n) is 2.37. The molecule has 2 aromatic rings. The minimum absolute atomic E-state index is 1.15. The van der Waals surface area contributed by atoms with Crippen LogP contribution in [0.15, 0.2) is 24.5 Å². The summed E-state index contributed by atoms with van der Waals surface area (Å²) in [6, 6.07) is 4.24. The minimum atomic E-state index is 1.15. The maximum atomic E-state index is 4.51. The molecule has 0 saturated carbocycles. The van der Waals surface area contributed by atoms with E-state index in [2.05, 4.69) is 39.8 Å². The first-order valence-electron chi connectivity index (χ1n) is 5.51. The Morgan fingerprint density at radius 3 is 2.80 bits per heavy atom. The van der Waals surface area contributed by atoms with Crippen molar-refractivity contribution in [2.75, 3.05) is 18.0 Å². The van der Waals surface area contributed by atoms with E-state index < -0.39 is 0 Å². The molecule has 3 rings (SSSR count). The molecule has 0 aromatic carbocycles. The lowest BCUT2D eigenvalue weighted by atomic mass is 10.3. The van der Waals surface area contributed by atoms with E-state index in [0.717, 1.165) is 18.9 Å². The number of pyridine rings is 1. The van der Waals surface area contributed by atoms with Crippen LogP contribution in [0, 0.1) is 0 Å². The van der Waals surface area contributed by atoms with Gasteiger partial charge in [-0.2, -0.15) is 0 Å². The van der Waals surface area contributed by atoms with E-state index in [1.54, 1.807) is 0 Å². The average Bonchev–Trinajstić information content (AvgIpc) is 2.88. The number of hydrogen-bond donors (Lipinski definition) is 0. The van der Waals surface area contributed by atoms with Gasteiger partial charge in [0, 0.05) is 37.9 Å². The molecule has 2 aromatic heterocycles. The van der Waals surface area contributed by atoms with Crippen LogP contribution in [0.4, 0.5) is 5.82 Å². The molecule has 0 radical (unpaired) electrons. The number of rotatable bonds is 1. The third-order valence-corrected chi connectivity index (χ3v) is 3.20. The predicted octanol–water partition coefficient (Wildman–Crippen LogP) is 2.17. The van der Waals surface area contributed by atoms with Crippen molar-refractivity contribution >= 4 is 16.7 Å². The fourth-order valence-corrected chi connectivity index (χ4v) is 2.37. The molecule has 0 spiro atoms. The van der Waals surface area contributed by atoms with Crippen LogP contribution in [-0.2, 0) is 7.05 Å². The lowest BCUT2D eigenvalue weighted by Crippen LogP contribution is -2.18. The Morgan fingerprint density at radius 2 is 2.00 bits per heavy atom. The molecule has 15 heavy (non-hydrogen) atoms. The Kier molecular flexibility index (Phi) is 1.91. The summed E-state index contributed by atoms with van der Waals surface area (Å²) in [6.45, 7) is 2.31. The largest absolute Gasteiger partial charge is 0.356 e. The van der Waals surface area contributed by atoms with Gasteiger partial charge >= 0.3 is 0 Å². The summed E-state index contributed by atoms with van der Waals surface area (Å²) < 4.78 is 2.15. The number of fused-ring (bicyclic) bond motifs is 1. The molecular formula is C12H15N3. The van der Waals surface area contributed by atoms with Gasteiger partial charge in [-0.1, -0.05) is 0 Å². The first-order valence-corrected chi connectivity index (χ1v) is 5.51. The highest BCUT2D eigenvalue weighted by Gasteiger charge is 2.16. The summed E-state index contributed by atoms with van der Waals surface area (Å²) in [5, 5.41) is 1.28. The normalized spacial score (nSPS) is 16.5. The van der Waals surface area contributed by atoms with Crippen LogP contribution in [0.25, 0.3) is 10.9 Å². The lowest BCUT2D eigenvalue weighted by molar-refractivity contribution is 0.941. The van der Waals surface area contributed by atoms with Crippen LogP contribution in [0.5, 0.6) is 0 Å². The third kappa shape index (κ3) is 1.30. The highest BCUT2D eigenvalue weighted by molar-refractivity contribution is 5.90. The molecule has 1 fully saturated rings. The molecule has 3 heteroatoms. The molecule has 0 unspecified atom stereocenters. The van der Waals surface area contributed by atoms with Crippen molar-refractivity contribution < 1.29 is 0 Å². The molecule has 0 aliphatic carbocycles. The number of aromatic nitrogens is 2. The van der Waals surface area contributed by atoms with Gasteiger partial charge in [0.1, 0.15) is 5.82 Å². The van der Waals surface area contributed by atoms with Crippen molar-refractivity contribution in [3.63, 3.8) is 0 Å². The number of anilines is 1. The van der Waals surface area contributed by atoms with E-state index in [1.807, 2.05) is 6.20 Å². The Balaban J connectivity index is 2.17. The lowest BCUT2D eigenvalue weighted by Gasteiger charge is -2.17. The Morgan fingerprint density at radius 1 is 1.20 bits per heavy atom. The number of hydrogen-bond acceptors (Lipinski definition) is 2. The minimum Gasteiger partial charge on any atom is -0.356 e. The van der Waals surface area contributed by atoms with Gasteiger partial charge < -0.3 is 9.47 Å². The SMILES string of the molecule is Cn1ccc2c(N3CCCC3)nccc21. The number of nitrogens with zero attached hydrogens (tertiary/aromatic N) is 3. The molecule has 78 valence electrons. The number of aryl methyl sites for hydroxylation is 1. The summed E-state index contributed by atoms with van der Waals surface area (Å²) in [6.07, 6.45) is 6.61. The first kappa shape index (κ1) is 8.77. The van der Waals surface area contributed by atoms with Gasteiger partial charge in [-0.25, -0.2) is 4.98 Å². The molecule has 3 heterocycles. The predicted molar refractivity (Wildman–Crippen MR) is 62.2 cm³/mol. The molecule has 0 bridgehead atoms. The van der Waals surface area contributed by atoms with Crippen molar-refractivity contribution in [1.82, 2.24) is 9.55 Å². The van der Waals surface area contributed by atoms with E-state index in [4.69, 9.17) is 0 Å². The van der Waals surface area contributed by atoms with Crippen LogP contribution < -0.4 is 4.90 Å². The third-order valence-electron chi connectivity index (χ3n) is 3.20. The Hall–Kier alpha value is -1.51. The monoisotopic (exact) mass is 201 g/mol. The van der Waals surface area contributed by atoms with Gasteiger partial charge in [-0.05, 0) is 25.0 Å². The average molecular weight is 201 g/mol. The summed E-state index contributed by atoms with van der Waals surface area (Å²) >= 11 is 0. The van der Waals surface area contributed by atoms with Crippen molar-refractivity contribution in [3.05, 3.63) is 24.5 Å². The van der Waals surface area contributed by atoms with Crippen LogP contribution >= 0.6 is 0 Å². The topological polar surface area (TPSA) is 21.1 Å². The summed E-state index contributed by atoms with van der Waals surface area (Å²) in [4.78, 5) is 6.91. The second-order valence-electron chi connectivity index (χ2n) is 4.19. The van der Waals surface area contributed by atoms with E-state index in [9.17, 15) is 0 Å². The Bertz CT molecular complexity index is 481. The van der Waals surface area contributed by atoms with E-state index in [-0.39, 0.29) is 0 Å². The van der Waals surface area contributed by atoms with Crippen molar-refractivity contribution in [3.8, 4) is 0 Å². The second kappa shape index (κ2) is 3.26. The summed E-state index contributed by atoms with van der Waals surface area (Å²) in [7, 11) is 2.08. The maximum Gasteiger partial charge on any atom is 0.137 e. The van der Waals surface area contributed by atoms with E-state index >= 15 is 0 Å². The maximum absolute atomic E-state index is 4.51. The highest BCUT2D eigenvalue weighted by atomic mass is 15.2. The van der Waals surface area contributed by atoms with Gasteiger partial charge in [-0.15, -0.1) is 0 Å². The van der Waals surface area contributed by atoms with E-state index in [0.29, 0.717) is 0 Å². The zero-order chi connectivity index (χ0) is 10.3.